The van der Waals surface area contributed by atoms with Gasteiger partial charge in [-0.05, 0) is 26.0 Å². The van der Waals surface area contributed by atoms with E-state index < -0.39 is 0 Å². The van der Waals surface area contributed by atoms with Crippen molar-refractivity contribution >= 4 is 22.4 Å². The zero-order valence-electron chi connectivity index (χ0n) is 14.6. The Hall–Kier alpha value is -3.46. The van der Waals surface area contributed by atoms with E-state index in [2.05, 4.69) is 30.2 Å². The molecule has 0 fully saturated rings. The van der Waals surface area contributed by atoms with Crippen LogP contribution < -0.4 is 5.32 Å². The zero-order valence-corrected chi connectivity index (χ0v) is 15.4. The molecule has 4 aromatic rings. The van der Waals surface area contributed by atoms with E-state index in [0.29, 0.717) is 16.5 Å². The maximum absolute atomic E-state index is 12.7. The summed E-state index contributed by atoms with van der Waals surface area (Å²) < 4.78 is 1.62. The minimum atomic E-state index is -0.311. The number of hydrogen-bond acceptors (Lipinski definition) is 7. The maximum atomic E-state index is 12.7. The highest BCUT2D eigenvalue weighted by molar-refractivity contribution is 7.16. The molecule has 0 saturated heterocycles. The van der Waals surface area contributed by atoms with Crippen molar-refractivity contribution in [1.29, 1.82) is 0 Å². The molecule has 1 N–H and O–H groups in total. The maximum Gasteiger partial charge on any atom is 0.276 e. The Balaban J connectivity index is 1.60. The monoisotopic (exact) mass is 377 g/mol. The summed E-state index contributed by atoms with van der Waals surface area (Å²) in [4.78, 5) is 34.8. The Morgan fingerprint density at radius 1 is 1.07 bits per heavy atom. The summed E-state index contributed by atoms with van der Waals surface area (Å²) in [6.45, 7) is 3.89. The van der Waals surface area contributed by atoms with Crippen molar-refractivity contribution in [2.75, 3.05) is 5.32 Å². The van der Waals surface area contributed by atoms with E-state index in [0.717, 1.165) is 22.0 Å². The number of thiazole rings is 1. The van der Waals surface area contributed by atoms with Gasteiger partial charge in [-0.3, -0.25) is 19.7 Å². The molecule has 0 atom stereocenters. The number of amides is 1. The molecule has 4 heterocycles. The number of pyridine rings is 1. The number of hydrogen-bond donors (Lipinski definition) is 1. The zero-order chi connectivity index (χ0) is 18.8. The van der Waals surface area contributed by atoms with Crippen molar-refractivity contribution in [3.63, 3.8) is 0 Å². The summed E-state index contributed by atoms with van der Waals surface area (Å²) in [7, 11) is 0. The highest BCUT2D eigenvalue weighted by Crippen LogP contribution is 2.29. The molecule has 4 aromatic heterocycles. The summed E-state index contributed by atoms with van der Waals surface area (Å²) in [5.41, 5.74) is 3.49. The standard InChI is InChI=1S/C18H15N7OS/c1-11-4-3-5-14(22-11)16-12(2)27-18(23-16)24-17(26)15-8-21-10-25(15)13-6-19-9-20-7-13/h3-10H,1-2H3,(H,23,24,26). The largest absolute Gasteiger partial charge is 0.296 e. The normalized spacial score (nSPS) is 10.7. The Bertz CT molecular complexity index is 1100. The predicted octanol–water partition coefficient (Wildman–Crippen LogP) is 3.05. The molecule has 0 aliphatic rings. The van der Waals surface area contributed by atoms with Crippen LogP contribution in [0.3, 0.4) is 0 Å². The van der Waals surface area contributed by atoms with Crippen LogP contribution in [-0.2, 0) is 0 Å². The van der Waals surface area contributed by atoms with E-state index >= 15 is 0 Å². The first-order valence-corrected chi connectivity index (χ1v) is 8.94. The second kappa shape index (κ2) is 7.04. The Kier molecular flexibility index (Phi) is 4.43. The number of carbonyl (C=O) groups excluding carboxylic acids is 1. The van der Waals surface area contributed by atoms with Gasteiger partial charge in [0, 0.05) is 10.6 Å². The van der Waals surface area contributed by atoms with E-state index in [-0.39, 0.29) is 5.91 Å². The molecule has 9 heteroatoms. The summed E-state index contributed by atoms with van der Waals surface area (Å²) in [6, 6.07) is 5.78. The van der Waals surface area contributed by atoms with Crippen molar-refractivity contribution < 1.29 is 4.79 Å². The lowest BCUT2D eigenvalue weighted by Gasteiger charge is -2.06. The molecule has 4 rings (SSSR count). The van der Waals surface area contributed by atoms with Gasteiger partial charge in [-0.15, -0.1) is 11.3 Å². The summed E-state index contributed by atoms with van der Waals surface area (Å²) in [5, 5.41) is 3.35. The van der Waals surface area contributed by atoms with Gasteiger partial charge >= 0.3 is 0 Å². The number of aromatic nitrogens is 6. The van der Waals surface area contributed by atoms with Crippen LogP contribution >= 0.6 is 11.3 Å². The first-order valence-electron chi connectivity index (χ1n) is 8.12. The minimum absolute atomic E-state index is 0.311. The Morgan fingerprint density at radius 3 is 2.67 bits per heavy atom. The molecule has 0 bridgehead atoms. The van der Waals surface area contributed by atoms with E-state index in [1.54, 1.807) is 23.3 Å². The van der Waals surface area contributed by atoms with E-state index in [4.69, 9.17) is 0 Å². The number of nitrogens with zero attached hydrogens (tertiary/aromatic N) is 6. The van der Waals surface area contributed by atoms with Crippen molar-refractivity contribution in [2.24, 2.45) is 0 Å². The van der Waals surface area contributed by atoms with Crippen LogP contribution in [0.4, 0.5) is 5.13 Å². The lowest BCUT2D eigenvalue weighted by molar-refractivity contribution is 0.102. The first kappa shape index (κ1) is 17.0. The van der Waals surface area contributed by atoms with E-state index in [1.165, 1.54) is 23.9 Å². The molecule has 8 nitrogen and oxygen atoms in total. The van der Waals surface area contributed by atoms with Crippen molar-refractivity contribution in [1.82, 2.24) is 29.5 Å². The molecule has 0 spiro atoms. The van der Waals surface area contributed by atoms with Crippen LogP contribution in [0.15, 0.2) is 49.4 Å². The van der Waals surface area contributed by atoms with E-state index in [9.17, 15) is 4.79 Å². The lowest BCUT2D eigenvalue weighted by atomic mass is 10.2. The van der Waals surface area contributed by atoms with E-state index in [1.807, 2.05) is 32.0 Å². The second-order valence-electron chi connectivity index (χ2n) is 5.79. The number of anilines is 1. The van der Waals surface area contributed by atoms with Gasteiger partial charge in [-0.25, -0.2) is 19.9 Å². The third-order valence-corrected chi connectivity index (χ3v) is 4.73. The third kappa shape index (κ3) is 3.44. The molecule has 0 aromatic carbocycles. The van der Waals surface area contributed by atoms with Crippen molar-refractivity contribution in [3.05, 3.63) is 65.7 Å². The molecule has 0 aliphatic heterocycles. The molecule has 1 amide bonds. The van der Waals surface area contributed by atoms with Crippen molar-refractivity contribution in [3.8, 4) is 17.1 Å². The average molecular weight is 377 g/mol. The second-order valence-corrected chi connectivity index (χ2v) is 6.99. The fraction of sp³-hybridized carbons (Fsp3) is 0.111. The van der Waals surface area contributed by atoms with Gasteiger partial charge in [-0.2, -0.15) is 0 Å². The summed E-state index contributed by atoms with van der Waals surface area (Å²) in [6.07, 6.45) is 7.69. The summed E-state index contributed by atoms with van der Waals surface area (Å²) in [5.74, 6) is -0.311. The van der Waals surface area contributed by atoms with Crippen LogP contribution in [-0.4, -0.2) is 35.4 Å². The molecule has 134 valence electrons. The van der Waals surface area contributed by atoms with Crippen LogP contribution in [0, 0.1) is 13.8 Å². The van der Waals surface area contributed by atoms with Gasteiger partial charge in [0.15, 0.2) is 5.13 Å². The fourth-order valence-electron chi connectivity index (χ4n) is 2.61. The van der Waals surface area contributed by atoms with Gasteiger partial charge in [0.05, 0.1) is 36.3 Å². The van der Waals surface area contributed by atoms with Crippen LogP contribution in [0.5, 0.6) is 0 Å². The third-order valence-electron chi connectivity index (χ3n) is 3.84. The molecule has 0 saturated carbocycles. The summed E-state index contributed by atoms with van der Waals surface area (Å²) >= 11 is 1.40. The smallest absolute Gasteiger partial charge is 0.276 e. The predicted molar refractivity (Wildman–Crippen MR) is 102 cm³/mol. The lowest BCUT2D eigenvalue weighted by Crippen LogP contribution is -2.16. The molecule has 27 heavy (non-hydrogen) atoms. The number of aryl methyl sites for hydroxylation is 2. The Labute approximate surface area is 159 Å². The highest BCUT2D eigenvalue weighted by Gasteiger charge is 2.17. The minimum Gasteiger partial charge on any atom is -0.296 e. The van der Waals surface area contributed by atoms with Crippen LogP contribution in [0.25, 0.3) is 17.1 Å². The van der Waals surface area contributed by atoms with Gasteiger partial charge in [0.1, 0.15) is 17.7 Å². The fourth-order valence-corrected chi connectivity index (χ4v) is 3.43. The molecule has 0 aliphatic carbocycles. The Morgan fingerprint density at radius 2 is 1.89 bits per heavy atom. The number of rotatable bonds is 4. The first-order chi connectivity index (χ1) is 13.1. The topological polar surface area (TPSA) is 98.5 Å². The number of carbonyl (C=O) groups is 1. The molecular weight excluding hydrogens is 362 g/mol. The van der Waals surface area contributed by atoms with Crippen LogP contribution in [0.2, 0.25) is 0 Å². The molecular formula is C18H15N7OS. The molecule has 0 radical (unpaired) electrons. The highest BCUT2D eigenvalue weighted by atomic mass is 32.1. The number of imidazole rings is 1. The van der Waals surface area contributed by atoms with Crippen molar-refractivity contribution in [2.45, 2.75) is 13.8 Å². The van der Waals surface area contributed by atoms with Gasteiger partial charge in [-0.1, -0.05) is 6.07 Å². The average Bonchev–Trinajstić information content (AvgIpc) is 3.29. The van der Waals surface area contributed by atoms with Crippen LogP contribution in [0.1, 0.15) is 21.1 Å². The van der Waals surface area contributed by atoms with Gasteiger partial charge in [0.2, 0.25) is 0 Å². The quantitative estimate of drug-likeness (QED) is 0.587. The SMILES string of the molecule is Cc1cccc(-c2nc(NC(=O)c3cncn3-c3cncnc3)sc2C)n1. The van der Waals surface area contributed by atoms with Gasteiger partial charge < -0.3 is 0 Å². The number of nitrogens with one attached hydrogen (secondary N) is 1. The molecule has 0 unspecified atom stereocenters. The van der Waals surface area contributed by atoms with Gasteiger partial charge in [0.25, 0.3) is 5.91 Å².